The molecule has 0 radical (unpaired) electrons. The number of halogens is 1. The molecule has 0 heterocycles. The fraction of sp³-hybridized carbons (Fsp3) is 0.500. The summed E-state index contributed by atoms with van der Waals surface area (Å²) in [7, 11) is 2.03. The van der Waals surface area contributed by atoms with Crippen LogP contribution in [-0.2, 0) is 0 Å². The summed E-state index contributed by atoms with van der Waals surface area (Å²) < 4.78 is 12.7. The van der Waals surface area contributed by atoms with Gasteiger partial charge in [-0.1, -0.05) is 0 Å². The van der Waals surface area contributed by atoms with Gasteiger partial charge in [0.05, 0.1) is 0 Å². The number of hydrogen-bond donors (Lipinski definition) is 0. The Morgan fingerprint density at radius 2 is 2.00 bits per heavy atom. The lowest BCUT2D eigenvalue weighted by atomic mass is 10.1. The molecule has 1 aromatic carbocycles. The molecule has 0 bridgehead atoms. The van der Waals surface area contributed by atoms with Crippen molar-refractivity contribution in [3.05, 3.63) is 35.6 Å². The summed E-state index contributed by atoms with van der Waals surface area (Å²) in [6.07, 6.45) is 2.55. The van der Waals surface area contributed by atoms with Gasteiger partial charge in [0.25, 0.3) is 0 Å². The van der Waals surface area contributed by atoms with Gasteiger partial charge in [0.2, 0.25) is 0 Å². The quantitative estimate of drug-likeness (QED) is 0.710. The van der Waals surface area contributed by atoms with E-state index in [1.807, 2.05) is 7.05 Å². The summed E-state index contributed by atoms with van der Waals surface area (Å²) >= 11 is 1.80. The van der Waals surface area contributed by atoms with Gasteiger partial charge < -0.3 is 4.90 Å². The maximum Gasteiger partial charge on any atom is 0.164 e. The van der Waals surface area contributed by atoms with Crippen LogP contribution < -0.4 is 0 Å². The lowest BCUT2D eigenvalue weighted by Crippen LogP contribution is -2.32. The van der Waals surface area contributed by atoms with E-state index in [1.165, 1.54) is 12.1 Å². The molecule has 0 fully saturated rings. The van der Waals surface area contributed by atoms with Gasteiger partial charge in [-0.2, -0.15) is 11.8 Å². The van der Waals surface area contributed by atoms with E-state index >= 15 is 0 Å². The fourth-order valence-corrected chi connectivity index (χ4v) is 2.38. The topological polar surface area (TPSA) is 20.3 Å². The summed E-state index contributed by atoms with van der Waals surface area (Å²) in [6, 6.07) is 6.20. The molecule has 100 valence electrons. The van der Waals surface area contributed by atoms with Crippen molar-refractivity contribution in [2.75, 3.05) is 25.6 Å². The van der Waals surface area contributed by atoms with Crippen molar-refractivity contribution in [1.82, 2.24) is 4.90 Å². The minimum atomic E-state index is -0.308. The first-order valence-corrected chi connectivity index (χ1v) is 7.42. The number of carbonyl (C=O) groups excluding carboxylic acids is 1. The van der Waals surface area contributed by atoms with Gasteiger partial charge >= 0.3 is 0 Å². The zero-order valence-corrected chi connectivity index (χ0v) is 12.0. The molecule has 0 aromatic heterocycles. The van der Waals surface area contributed by atoms with Crippen LogP contribution in [0.4, 0.5) is 4.39 Å². The van der Waals surface area contributed by atoms with Crippen LogP contribution in [0, 0.1) is 5.82 Å². The first-order valence-electron chi connectivity index (χ1n) is 6.02. The second-order valence-corrected chi connectivity index (χ2v) is 5.38. The highest BCUT2D eigenvalue weighted by Gasteiger charge is 2.11. The van der Waals surface area contributed by atoms with Crippen molar-refractivity contribution >= 4 is 17.5 Å². The summed E-state index contributed by atoms with van der Waals surface area (Å²) in [5.74, 6) is 0.816. The van der Waals surface area contributed by atoms with E-state index in [2.05, 4.69) is 18.1 Å². The van der Waals surface area contributed by atoms with Crippen molar-refractivity contribution in [2.45, 2.75) is 19.4 Å². The molecule has 0 spiro atoms. The number of hydrogen-bond acceptors (Lipinski definition) is 3. The number of thioether (sulfide) groups is 1. The van der Waals surface area contributed by atoms with Crippen LogP contribution in [0.15, 0.2) is 24.3 Å². The summed E-state index contributed by atoms with van der Waals surface area (Å²) in [5.41, 5.74) is 0.585. The molecule has 0 saturated carbocycles. The Morgan fingerprint density at radius 1 is 1.39 bits per heavy atom. The number of nitrogens with zero attached hydrogens (tertiary/aromatic N) is 1. The van der Waals surface area contributed by atoms with Crippen LogP contribution in [0.2, 0.25) is 0 Å². The standard InChI is InChI=1S/C14H20FNOS/c1-11(10-18-3)16(2)9-8-14(17)12-4-6-13(15)7-5-12/h4-7,11H,8-10H2,1-3H3. The summed E-state index contributed by atoms with van der Waals surface area (Å²) in [5, 5.41) is 0. The Hall–Kier alpha value is -0.870. The highest BCUT2D eigenvalue weighted by Crippen LogP contribution is 2.08. The van der Waals surface area contributed by atoms with E-state index in [1.54, 1.807) is 23.9 Å². The molecular formula is C14H20FNOS. The molecule has 1 atom stereocenters. The molecule has 2 nitrogen and oxygen atoms in total. The van der Waals surface area contributed by atoms with E-state index in [0.717, 1.165) is 12.3 Å². The minimum Gasteiger partial charge on any atom is -0.302 e. The molecule has 0 N–H and O–H groups in total. The fourth-order valence-electron chi connectivity index (χ4n) is 1.65. The average Bonchev–Trinajstić information content (AvgIpc) is 2.36. The van der Waals surface area contributed by atoms with Crippen LogP contribution in [0.25, 0.3) is 0 Å². The molecule has 0 aliphatic carbocycles. The Kier molecular flexibility index (Phi) is 6.36. The molecule has 4 heteroatoms. The maximum absolute atomic E-state index is 12.7. The zero-order chi connectivity index (χ0) is 13.5. The van der Waals surface area contributed by atoms with Gasteiger partial charge in [0, 0.05) is 30.3 Å². The van der Waals surface area contributed by atoms with Crippen LogP contribution >= 0.6 is 11.8 Å². The van der Waals surface area contributed by atoms with Crippen LogP contribution in [-0.4, -0.2) is 42.3 Å². The van der Waals surface area contributed by atoms with Gasteiger partial charge in [-0.25, -0.2) is 4.39 Å². The maximum atomic E-state index is 12.7. The number of carbonyl (C=O) groups is 1. The Bertz CT molecular complexity index is 380. The van der Waals surface area contributed by atoms with Crippen LogP contribution in [0.3, 0.4) is 0 Å². The van der Waals surface area contributed by atoms with Gasteiger partial charge in [0.15, 0.2) is 5.78 Å². The second-order valence-electron chi connectivity index (χ2n) is 4.47. The largest absolute Gasteiger partial charge is 0.302 e. The molecule has 0 amide bonds. The molecule has 1 rings (SSSR count). The lowest BCUT2D eigenvalue weighted by Gasteiger charge is -2.23. The van der Waals surface area contributed by atoms with Crippen molar-refractivity contribution in [3.63, 3.8) is 0 Å². The predicted molar refractivity (Wildman–Crippen MR) is 75.8 cm³/mol. The number of rotatable bonds is 7. The van der Waals surface area contributed by atoms with Gasteiger partial charge in [-0.15, -0.1) is 0 Å². The normalized spacial score (nSPS) is 12.7. The van der Waals surface area contributed by atoms with Crippen LogP contribution in [0.1, 0.15) is 23.7 Å². The number of ketones is 1. The Labute approximate surface area is 113 Å². The van der Waals surface area contributed by atoms with E-state index in [9.17, 15) is 9.18 Å². The van der Waals surface area contributed by atoms with Gasteiger partial charge in [0.1, 0.15) is 5.82 Å². The third kappa shape index (κ3) is 4.78. The van der Waals surface area contributed by atoms with E-state index in [0.29, 0.717) is 18.0 Å². The highest BCUT2D eigenvalue weighted by molar-refractivity contribution is 7.98. The molecular weight excluding hydrogens is 249 g/mol. The van der Waals surface area contributed by atoms with Gasteiger partial charge in [-0.3, -0.25) is 4.79 Å². The second kappa shape index (κ2) is 7.54. The minimum absolute atomic E-state index is 0.0678. The smallest absolute Gasteiger partial charge is 0.164 e. The predicted octanol–water partition coefficient (Wildman–Crippen LogP) is 3.08. The van der Waals surface area contributed by atoms with E-state index < -0.39 is 0 Å². The van der Waals surface area contributed by atoms with Crippen molar-refractivity contribution < 1.29 is 9.18 Å². The van der Waals surface area contributed by atoms with E-state index in [-0.39, 0.29) is 11.6 Å². The summed E-state index contributed by atoms with van der Waals surface area (Å²) in [6.45, 7) is 2.89. The van der Waals surface area contributed by atoms with Gasteiger partial charge in [-0.05, 0) is 44.5 Å². The third-order valence-electron chi connectivity index (χ3n) is 3.02. The lowest BCUT2D eigenvalue weighted by molar-refractivity contribution is 0.0964. The van der Waals surface area contributed by atoms with Crippen LogP contribution in [0.5, 0.6) is 0 Å². The third-order valence-corrected chi connectivity index (χ3v) is 3.83. The molecule has 1 unspecified atom stereocenters. The van der Waals surface area contributed by atoms with Crippen molar-refractivity contribution in [3.8, 4) is 0 Å². The monoisotopic (exact) mass is 269 g/mol. The molecule has 0 aliphatic rings. The zero-order valence-electron chi connectivity index (χ0n) is 11.1. The SMILES string of the molecule is CSCC(C)N(C)CCC(=O)c1ccc(F)cc1. The first kappa shape index (κ1) is 15.2. The Morgan fingerprint density at radius 3 is 2.56 bits per heavy atom. The van der Waals surface area contributed by atoms with Crippen molar-refractivity contribution in [2.24, 2.45) is 0 Å². The van der Waals surface area contributed by atoms with E-state index in [4.69, 9.17) is 0 Å². The Balaban J connectivity index is 2.43. The number of benzene rings is 1. The average molecular weight is 269 g/mol. The molecule has 0 saturated heterocycles. The highest BCUT2D eigenvalue weighted by atomic mass is 32.2. The molecule has 18 heavy (non-hydrogen) atoms. The molecule has 0 aliphatic heterocycles. The first-order chi connectivity index (χ1) is 8.54. The van der Waals surface area contributed by atoms with Crippen molar-refractivity contribution in [1.29, 1.82) is 0 Å². The number of Topliss-reactive ketones (excluding diaryl/α,β-unsaturated/α-hetero) is 1. The molecule has 1 aromatic rings. The summed E-state index contributed by atoms with van der Waals surface area (Å²) in [4.78, 5) is 14.1.